The number of nitrogens with two attached hydrogens (primary N) is 1. The van der Waals surface area contributed by atoms with Gasteiger partial charge in [0.15, 0.2) is 0 Å². The summed E-state index contributed by atoms with van der Waals surface area (Å²) in [5.41, 5.74) is 8.27. The van der Waals surface area contributed by atoms with Crippen LogP contribution in [0.5, 0.6) is 0 Å². The minimum Gasteiger partial charge on any atom is -0.387 e. The van der Waals surface area contributed by atoms with Gasteiger partial charge in [-0.2, -0.15) is 0 Å². The van der Waals surface area contributed by atoms with Crippen LogP contribution in [0, 0.1) is 0 Å². The van der Waals surface area contributed by atoms with E-state index in [0.717, 1.165) is 23.2 Å². The molecule has 0 atom stereocenters. The summed E-state index contributed by atoms with van der Waals surface area (Å²) in [4.78, 5) is 11.2. The summed E-state index contributed by atoms with van der Waals surface area (Å²) in [5, 5.41) is 3.08. The first-order valence-corrected chi connectivity index (χ1v) is 5.39. The van der Waals surface area contributed by atoms with E-state index < -0.39 is 5.91 Å². The van der Waals surface area contributed by atoms with Crippen molar-refractivity contribution in [1.29, 1.82) is 0 Å². The van der Waals surface area contributed by atoms with E-state index in [1.165, 1.54) is 0 Å². The van der Waals surface area contributed by atoms with Crippen LogP contribution in [-0.4, -0.2) is 26.7 Å². The molecule has 0 saturated carbocycles. The van der Waals surface area contributed by atoms with Gasteiger partial charge in [-0.1, -0.05) is 24.8 Å². The molecule has 0 fully saturated rings. The normalized spacial score (nSPS) is 10.0. The van der Waals surface area contributed by atoms with Crippen LogP contribution in [0.1, 0.15) is 11.1 Å². The Labute approximate surface area is 101 Å². The number of para-hydroxylation sites is 1. The highest BCUT2D eigenvalue weighted by molar-refractivity contribution is 6.19. The fraction of sp³-hybridized carbons (Fsp3) is 0.308. The SMILES string of the molecule is C=C(C(N)=O)c1cccc(CCOC)c1NC. The molecule has 0 radical (unpaired) electrons. The quantitative estimate of drug-likeness (QED) is 0.732. The number of ether oxygens (including phenoxy) is 1. The average Bonchev–Trinajstić information content (AvgIpc) is 2.34. The molecule has 4 nitrogen and oxygen atoms in total. The van der Waals surface area contributed by atoms with Crippen LogP contribution in [0.15, 0.2) is 24.8 Å². The van der Waals surface area contributed by atoms with E-state index in [1.54, 1.807) is 7.11 Å². The molecule has 1 amide bonds. The number of carbonyl (C=O) groups excluding carboxylic acids is 1. The van der Waals surface area contributed by atoms with Crippen LogP contribution >= 0.6 is 0 Å². The molecule has 0 aromatic heterocycles. The van der Waals surface area contributed by atoms with Gasteiger partial charge in [0.25, 0.3) is 0 Å². The Morgan fingerprint density at radius 2 is 2.24 bits per heavy atom. The topological polar surface area (TPSA) is 64.4 Å². The molecule has 1 rings (SSSR count). The van der Waals surface area contributed by atoms with Crippen molar-refractivity contribution < 1.29 is 9.53 Å². The van der Waals surface area contributed by atoms with E-state index in [2.05, 4.69) is 11.9 Å². The van der Waals surface area contributed by atoms with Gasteiger partial charge in [-0.3, -0.25) is 4.79 Å². The summed E-state index contributed by atoms with van der Waals surface area (Å²) in [6.07, 6.45) is 0.770. The number of primary amides is 1. The molecule has 0 aliphatic rings. The highest BCUT2D eigenvalue weighted by Gasteiger charge is 2.12. The largest absolute Gasteiger partial charge is 0.387 e. The van der Waals surface area contributed by atoms with Gasteiger partial charge in [-0.15, -0.1) is 0 Å². The van der Waals surface area contributed by atoms with Gasteiger partial charge in [0, 0.05) is 31.0 Å². The van der Waals surface area contributed by atoms with Crippen molar-refractivity contribution in [3.05, 3.63) is 35.9 Å². The lowest BCUT2D eigenvalue weighted by Crippen LogP contribution is -2.14. The molecular weight excluding hydrogens is 216 g/mol. The van der Waals surface area contributed by atoms with Crippen LogP contribution < -0.4 is 11.1 Å². The molecule has 17 heavy (non-hydrogen) atoms. The van der Waals surface area contributed by atoms with Gasteiger partial charge in [0.1, 0.15) is 0 Å². The Balaban J connectivity index is 3.13. The third-order valence-electron chi connectivity index (χ3n) is 2.60. The zero-order chi connectivity index (χ0) is 12.8. The minimum atomic E-state index is -0.509. The zero-order valence-corrected chi connectivity index (χ0v) is 10.2. The number of anilines is 1. The molecule has 0 unspecified atom stereocenters. The summed E-state index contributed by atoms with van der Waals surface area (Å²) in [6.45, 7) is 4.33. The van der Waals surface area contributed by atoms with E-state index in [9.17, 15) is 4.79 Å². The predicted octanol–water partition coefficient (Wildman–Crippen LogP) is 1.42. The van der Waals surface area contributed by atoms with Gasteiger partial charge < -0.3 is 15.8 Å². The number of methoxy groups -OCH3 is 1. The van der Waals surface area contributed by atoms with Crippen molar-refractivity contribution in [2.75, 3.05) is 26.1 Å². The molecule has 0 aliphatic carbocycles. The summed E-state index contributed by atoms with van der Waals surface area (Å²) >= 11 is 0. The number of hydrogen-bond donors (Lipinski definition) is 2. The van der Waals surface area contributed by atoms with Crippen molar-refractivity contribution in [2.24, 2.45) is 5.73 Å². The van der Waals surface area contributed by atoms with E-state index >= 15 is 0 Å². The van der Waals surface area contributed by atoms with Gasteiger partial charge in [-0.25, -0.2) is 0 Å². The molecule has 4 heteroatoms. The smallest absolute Gasteiger partial charge is 0.248 e. The molecule has 0 spiro atoms. The highest BCUT2D eigenvalue weighted by Crippen LogP contribution is 2.26. The van der Waals surface area contributed by atoms with Crippen LogP contribution in [-0.2, 0) is 16.0 Å². The third-order valence-corrected chi connectivity index (χ3v) is 2.60. The number of rotatable bonds is 6. The third kappa shape index (κ3) is 3.07. The maximum Gasteiger partial charge on any atom is 0.248 e. The predicted molar refractivity (Wildman–Crippen MR) is 69.8 cm³/mol. The molecule has 0 saturated heterocycles. The Bertz CT molecular complexity index is 427. The maximum atomic E-state index is 11.2. The van der Waals surface area contributed by atoms with Gasteiger partial charge >= 0.3 is 0 Å². The Kier molecular flexibility index (Phi) is 4.72. The molecule has 0 heterocycles. The number of benzene rings is 1. The van der Waals surface area contributed by atoms with Crippen molar-refractivity contribution in [3.8, 4) is 0 Å². The number of amides is 1. The first-order valence-electron chi connectivity index (χ1n) is 5.39. The van der Waals surface area contributed by atoms with Gasteiger partial charge in [0.05, 0.1) is 6.61 Å². The lowest BCUT2D eigenvalue weighted by Gasteiger charge is -2.14. The molecule has 1 aromatic rings. The van der Waals surface area contributed by atoms with Crippen molar-refractivity contribution in [3.63, 3.8) is 0 Å². The molecule has 0 aliphatic heterocycles. The number of hydrogen-bond acceptors (Lipinski definition) is 3. The van der Waals surface area contributed by atoms with Crippen LogP contribution in [0.2, 0.25) is 0 Å². The molecule has 92 valence electrons. The van der Waals surface area contributed by atoms with E-state index in [-0.39, 0.29) is 0 Å². The molecule has 1 aromatic carbocycles. The Morgan fingerprint density at radius 1 is 1.53 bits per heavy atom. The second-order valence-corrected chi connectivity index (χ2v) is 3.68. The van der Waals surface area contributed by atoms with Crippen LogP contribution in [0.4, 0.5) is 5.69 Å². The molecule has 0 bridgehead atoms. The number of carbonyl (C=O) groups is 1. The van der Waals surface area contributed by atoms with Gasteiger partial charge in [0.2, 0.25) is 5.91 Å². The highest BCUT2D eigenvalue weighted by atomic mass is 16.5. The average molecular weight is 234 g/mol. The summed E-state index contributed by atoms with van der Waals surface area (Å²) in [5.74, 6) is -0.509. The van der Waals surface area contributed by atoms with Gasteiger partial charge in [-0.05, 0) is 12.0 Å². The monoisotopic (exact) mass is 234 g/mol. The van der Waals surface area contributed by atoms with Crippen LogP contribution in [0.3, 0.4) is 0 Å². The second-order valence-electron chi connectivity index (χ2n) is 3.68. The first kappa shape index (κ1) is 13.3. The molecular formula is C13H18N2O2. The van der Waals surface area contributed by atoms with Crippen LogP contribution in [0.25, 0.3) is 5.57 Å². The fourth-order valence-electron chi connectivity index (χ4n) is 1.70. The van der Waals surface area contributed by atoms with Crippen molar-refractivity contribution in [1.82, 2.24) is 0 Å². The summed E-state index contributed by atoms with van der Waals surface area (Å²) < 4.78 is 5.05. The van der Waals surface area contributed by atoms with Crippen molar-refractivity contribution in [2.45, 2.75) is 6.42 Å². The maximum absolute atomic E-state index is 11.2. The summed E-state index contributed by atoms with van der Waals surface area (Å²) in [6, 6.07) is 5.70. The zero-order valence-electron chi connectivity index (χ0n) is 10.2. The van der Waals surface area contributed by atoms with E-state index in [4.69, 9.17) is 10.5 Å². The minimum absolute atomic E-state index is 0.314. The molecule has 3 N–H and O–H groups in total. The van der Waals surface area contributed by atoms with E-state index in [1.807, 2.05) is 25.2 Å². The lowest BCUT2D eigenvalue weighted by molar-refractivity contribution is -0.112. The Morgan fingerprint density at radius 3 is 2.76 bits per heavy atom. The lowest BCUT2D eigenvalue weighted by atomic mass is 9.99. The fourth-order valence-corrected chi connectivity index (χ4v) is 1.70. The summed E-state index contributed by atoms with van der Waals surface area (Å²) in [7, 11) is 3.47. The Hall–Kier alpha value is -1.81. The standard InChI is InChI=1S/C13H18N2O2/c1-9(13(14)16)11-6-4-5-10(7-8-17-3)12(11)15-2/h4-6,15H,1,7-8H2,2-3H3,(H2,14,16). The number of nitrogens with one attached hydrogen (secondary N) is 1. The van der Waals surface area contributed by atoms with Crippen molar-refractivity contribution >= 4 is 17.2 Å². The second kappa shape index (κ2) is 6.06. The van der Waals surface area contributed by atoms with E-state index in [0.29, 0.717) is 12.2 Å². The first-order chi connectivity index (χ1) is 8.11.